The highest BCUT2D eigenvalue weighted by Gasteiger charge is 2.35. The second kappa shape index (κ2) is 9.04. The lowest BCUT2D eigenvalue weighted by atomic mass is 10.0. The van der Waals surface area contributed by atoms with E-state index in [1.54, 1.807) is 18.2 Å². The molecule has 0 saturated carbocycles. The molecule has 4 rings (SSSR count). The minimum Gasteiger partial charge on any atom is -0.491 e. The Morgan fingerprint density at radius 2 is 1.87 bits per heavy atom. The Kier molecular flexibility index (Phi) is 6.20. The largest absolute Gasteiger partial charge is 0.491 e. The predicted molar refractivity (Wildman–Crippen MR) is 125 cm³/mol. The summed E-state index contributed by atoms with van der Waals surface area (Å²) in [6, 6.07) is 17.2. The molecule has 1 aliphatic rings. The van der Waals surface area contributed by atoms with Gasteiger partial charge < -0.3 is 9.47 Å². The molecule has 7 heteroatoms. The number of hydrogen-bond acceptors (Lipinski definition) is 5. The fraction of sp³-hybridized carbons (Fsp3) is 0.167. The first kappa shape index (κ1) is 21.3. The number of methoxy groups -OCH3 is 1. The van der Waals surface area contributed by atoms with Crippen LogP contribution in [0.4, 0.5) is 4.79 Å². The van der Waals surface area contributed by atoms with Gasteiger partial charge in [-0.1, -0.05) is 54.1 Å². The summed E-state index contributed by atoms with van der Waals surface area (Å²) in [6.07, 6.45) is 1.65. The Bertz CT molecular complexity index is 1200. The van der Waals surface area contributed by atoms with E-state index in [1.165, 1.54) is 12.0 Å². The number of nitrogens with zero attached hydrogens (tertiary/aromatic N) is 1. The van der Waals surface area contributed by atoms with E-state index in [0.29, 0.717) is 33.6 Å². The molecular weight excluding hydrogens is 434 g/mol. The van der Waals surface area contributed by atoms with Crippen molar-refractivity contribution in [3.05, 3.63) is 75.7 Å². The number of hydrogen-bond donors (Lipinski definition) is 0. The van der Waals surface area contributed by atoms with Gasteiger partial charge in [0.15, 0.2) is 11.5 Å². The molecule has 0 aliphatic carbocycles. The normalized spacial score (nSPS) is 15.2. The number of fused-ring (bicyclic) bond motifs is 1. The smallest absolute Gasteiger partial charge is 0.293 e. The van der Waals surface area contributed by atoms with Crippen molar-refractivity contribution in [2.24, 2.45) is 0 Å². The Labute approximate surface area is 189 Å². The van der Waals surface area contributed by atoms with Crippen LogP contribution in [-0.2, 0) is 11.3 Å². The summed E-state index contributed by atoms with van der Waals surface area (Å²) in [5, 5.41) is 2.17. The van der Waals surface area contributed by atoms with Crippen molar-refractivity contribution >= 4 is 51.4 Å². The Balaban J connectivity index is 1.63. The molecule has 1 heterocycles. The summed E-state index contributed by atoms with van der Waals surface area (Å²) < 4.78 is 10.9. The summed E-state index contributed by atoms with van der Waals surface area (Å²) in [6.45, 7) is 2.52. The molecule has 31 heavy (non-hydrogen) atoms. The van der Waals surface area contributed by atoms with Gasteiger partial charge in [-0.25, -0.2) is 0 Å². The Morgan fingerprint density at radius 3 is 2.65 bits per heavy atom. The van der Waals surface area contributed by atoms with E-state index in [9.17, 15) is 9.59 Å². The van der Waals surface area contributed by atoms with Crippen LogP contribution in [0.25, 0.3) is 16.8 Å². The van der Waals surface area contributed by atoms with Gasteiger partial charge in [-0.05, 0) is 58.8 Å². The minimum atomic E-state index is -0.326. The zero-order valence-electron chi connectivity index (χ0n) is 17.1. The topological polar surface area (TPSA) is 55.8 Å². The van der Waals surface area contributed by atoms with Crippen LogP contribution in [0.1, 0.15) is 18.1 Å². The van der Waals surface area contributed by atoms with Crippen LogP contribution in [-0.4, -0.2) is 29.8 Å². The number of amides is 2. The number of thioether (sulfide) groups is 1. The second-order valence-corrected chi connectivity index (χ2v) is 8.27. The first-order chi connectivity index (χ1) is 15.0. The van der Waals surface area contributed by atoms with Crippen LogP contribution in [0, 0.1) is 0 Å². The zero-order valence-corrected chi connectivity index (χ0v) is 18.6. The highest BCUT2D eigenvalue weighted by molar-refractivity contribution is 8.18. The van der Waals surface area contributed by atoms with E-state index < -0.39 is 0 Å². The van der Waals surface area contributed by atoms with Gasteiger partial charge in [-0.3, -0.25) is 14.5 Å². The van der Waals surface area contributed by atoms with Gasteiger partial charge in [0, 0.05) is 0 Å². The van der Waals surface area contributed by atoms with Gasteiger partial charge >= 0.3 is 0 Å². The molecular formula is C24H20ClNO4S. The Hall–Kier alpha value is -2.96. The van der Waals surface area contributed by atoms with Crippen molar-refractivity contribution in [1.29, 1.82) is 0 Å². The van der Waals surface area contributed by atoms with Gasteiger partial charge in [-0.15, -0.1) is 0 Å². The van der Waals surface area contributed by atoms with E-state index in [4.69, 9.17) is 21.1 Å². The fourth-order valence-corrected chi connectivity index (χ4v) is 4.66. The summed E-state index contributed by atoms with van der Waals surface area (Å²) in [7, 11) is 1.52. The van der Waals surface area contributed by atoms with Crippen LogP contribution in [0.2, 0.25) is 5.02 Å². The summed E-state index contributed by atoms with van der Waals surface area (Å²) in [4.78, 5) is 27.2. The molecule has 1 saturated heterocycles. The predicted octanol–water partition coefficient (Wildman–Crippen LogP) is 6.14. The molecule has 3 aromatic carbocycles. The first-order valence-electron chi connectivity index (χ1n) is 9.74. The molecule has 1 aliphatic heterocycles. The second-order valence-electron chi connectivity index (χ2n) is 6.87. The van der Waals surface area contributed by atoms with Crippen molar-refractivity contribution in [3.63, 3.8) is 0 Å². The number of halogens is 1. The third kappa shape index (κ3) is 4.27. The van der Waals surface area contributed by atoms with Crippen LogP contribution in [0.5, 0.6) is 11.5 Å². The standard InChI is InChI=1S/C24H20ClNO4S/c1-3-30-20-12-15(11-19(25)22(20)29-2)13-21-23(27)26(24(28)31-21)14-17-9-6-8-16-7-4-5-10-18(16)17/h4-13H,3,14H2,1-2H3/b21-13+. The maximum atomic E-state index is 13.0. The fourth-order valence-electron chi connectivity index (χ4n) is 3.52. The van der Waals surface area contributed by atoms with Gasteiger partial charge in [0.1, 0.15) is 0 Å². The zero-order chi connectivity index (χ0) is 22.0. The van der Waals surface area contributed by atoms with E-state index in [1.807, 2.05) is 49.4 Å². The molecule has 158 valence electrons. The molecule has 0 N–H and O–H groups in total. The van der Waals surface area contributed by atoms with Crippen molar-refractivity contribution in [3.8, 4) is 11.5 Å². The average Bonchev–Trinajstić information content (AvgIpc) is 3.01. The molecule has 5 nitrogen and oxygen atoms in total. The first-order valence-corrected chi connectivity index (χ1v) is 10.9. The van der Waals surface area contributed by atoms with Crippen LogP contribution in [0.15, 0.2) is 59.5 Å². The highest BCUT2D eigenvalue weighted by Crippen LogP contribution is 2.39. The van der Waals surface area contributed by atoms with E-state index >= 15 is 0 Å². The number of imide groups is 1. The van der Waals surface area contributed by atoms with Crippen molar-refractivity contribution < 1.29 is 19.1 Å². The highest BCUT2D eigenvalue weighted by atomic mass is 35.5. The third-order valence-electron chi connectivity index (χ3n) is 4.92. The molecule has 0 bridgehead atoms. The lowest BCUT2D eigenvalue weighted by Crippen LogP contribution is -2.27. The summed E-state index contributed by atoms with van der Waals surface area (Å²) in [5.41, 5.74) is 1.58. The van der Waals surface area contributed by atoms with Crippen LogP contribution in [0.3, 0.4) is 0 Å². The van der Waals surface area contributed by atoms with E-state index in [2.05, 4.69) is 0 Å². The number of rotatable bonds is 6. The SMILES string of the molecule is CCOc1cc(/C=C2/SC(=O)N(Cc3cccc4ccccc34)C2=O)cc(Cl)c1OC. The third-order valence-corrected chi connectivity index (χ3v) is 6.10. The van der Waals surface area contributed by atoms with Gasteiger partial charge in [0.2, 0.25) is 0 Å². The molecule has 0 radical (unpaired) electrons. The number of carbonyl (C=O) groups is 2. The van der Waals surface area contributed by atoms with Crippen molar-refractivity contribution in [1.82, 2.24) is 4.90 Å². The molecule has 0 aromatic heterocycles. The van der Waals surface area contributed by atoms with Gasteiger partial charge in [-0.2, -0.15) is 0 Å². The minimum absolute atomic E-state index is 0.219. The molecule has 0 atom stereocenters. The summed E-state index contributed by atoms with van der Waals surface area (Å²) >= 11 is 7.23. The number of ether oxygens (including phenoxy) is 2. The summed E-state index contributed by atoms with van der Waals surface area (Å²) in [5.74, 6) is 0.594. The van der Waals surface area contributed by atoms with Crippen LogP contribution >= 0.6 is 23.4 Å². The number of benzene rings is 3. The Morgan fingerprint density at radius 1 is 1.10 bits per heavy atom. The van der Waals surface area contributed by atoms with Crippen molar-refractivity contribution in [2.45, 2.75) is 13.5 Å². The van der Waals surface area contributed by atoms with E-state index in [-0.39, 0.29) is 17.7 Å². The average molecular weight is 454 g/mol. The van der Waals surface area contributed by atoms with Gasteiger partial charge in [0.25, 0.3) is 11.1 Å². The molecule has 2 amide bonds. The molecule has 3 aromatic rings. The lowest BCUT2D eigenvalue weighted by Gasteiger charge is -2.14. The van der Waals surface area contributed by atoms with Gasteiger partial charge in [0.05, 0.1) is 30.2 Å². The maximum Gasteiger partial charge on any atom is 0.293 e. The number of carbonyl (C=O) groups excluding carboxylic acids is 2. The monoisotopic (exact) mass is 453 g/mol. The molecule has 0 unspecified atom stereocenters. The lowest BCUT2D eigenvalue weighted by molar-refractivity contribution is -0.123. The quantitative estimate of drug-likeness (QED) is 0.420. The molecule has 0 spiro atoms. The van der Waals surface area contributed by atoms with E-state index in [0.717, 1.165) is 28.1 Å². The van der Waals surface area contributed by atoms with Crippen LogP contribution < -0.4 is 9.47 Å². The van der Waals surface area contributed by atoms with Crippen molar-refractivity contribution in [2.75, 3.05) is 13.7 Å². The molecule has 1 fully saturated rings. The maximum absolute atomic E-state index is 13.0.